The molecule has 0 N–H and O–H groups in total. The van der Waals surface area contributed by atoms with Crippen molar-refractivity contribution in [3.8, 4) is 0 Å². The third kappa shape index (κ3) is 4.54. The number of alkyl halides is 1. The van der Waals surface area contributed by atoms with E-state index in [0.29, 0.717) is 18.8 Å². The van der Waals surface area contributed by atoms with Gasteiger partial charge in [-0.2, -0.15) is 0 Å². The van der Waals surface area contributed by atoms with Gasteiger partial charge in [-0.3, -0.25) is 4.79 Å². The predicted molar refractivity (Wildman–Crippen MR) is 70.6 cm³/mol. The summed E-state index contributed by atoms with van der Waals surface area (Å²) in [5, 5.41) is 0. The number of hydrogen-bond acceptors (Lipinski definition) is 1. The van der Waals surface area contributed by atoms with Crippen LogP contribution in [-0.2, 0) is 11.3 Å². The lowest BCUT2D eigenvalue weighted by Crippen LogP contribution is -2.25. The molecule has 2 nitrogen and oxygen atoms in total. The normalized spacial score (nSPS) is 10.2. The van der Waals surface area contributed by atoms with Crippen LogP contribution in [0.5, 0.6) is 0 Å². The highest BCUT2D eigenvalue weighted by Crippen LogP contribution is 2.12. The topological polar surface area (TPSA) is 20.3 Å². The molecule has 0 atom stereocenters. The molecule has 1 aromatic rings. The van der Waals surface area contributed by atoms with Crippen LogP contribution >= 0.6 is 27.5 Å². The molecule has 0 aliphatic rings. The Balaban J connectivity index is 2.47. The van der Waals surface area contributed by atoms with E-state index in [9.17, 15) is 4.79 Å². The maximum atomic E-state index is 11.6. The van der Waals surface area contributed by atoms with Gasteiger partial charge in [0.2, 0.25) is 5.91 Å². The van der Waals surface area contributed by atoms with Crippen LogP contribution in [0, 0.1) is 0 Å². The van der Waals surface area contributed by atoms with Gasteiger partial charge in [-0.25, -0.2) is 0 Å². The Morgan fingerprint density at radius 2 is 2.00 bits per heavy atom. The summed E-state index contributed by atoms with van der Waals surface area (Å²) in [6.07, 6.45) is 1.27. The van der Waals surface area contributed by atoms with Crippen molar-refractivity contribution in [2.45, 2.75) is 19.4 Å². The van der Waals surface area contributed by atoms with Gasteiger partial charge in [0.05, 0.1) is 0 Å². The molecule has 0 fully saturated rings. The Kier molecular flexibility index (Phi) is 5.85. The van der Waals surface area contributed by atoms with Crippen LogP contribution in [0.3, 0.4) is 0 Å². The summed E-state index contributed by atoms with van der Waals surface area (Å²) in [5.41, 5.74) is 1.13. The minimum Gasteiger partial charge on any atom is -0.341 e. The molecular formula is C12H15BrClNO. The van der Waals surface area contributed by atoms with E-state index in [2.05, 4.69) is 15.9 Å². The first-order chi connectivity index (χ1) is 7.63. The fourth-order valence-corrected chi connectivity index (χ4v) is 1.76. The maximum Gasteiger partial charge on any atom is 0.222 e. The molecule has 0 heterocycles. The van der Waals surface area contributed by atoms with Crippen LogP contribution in [0.1, 0.15) is 18.4 Å². The molecule has 4 heteroatoms. The van der Waals surface area contributed by atoms with Crippen molar-refractivity contribution in [1.82, 2.24) is 4.90 Å². The van der Waals surface area contributed by atoms with Gasteiger partial charge < -0.3 is 4.90 Å². The highest BCUT2D eigenvalue weighted by molar-refractivity contribution is 9.10. The molecule has 0 saturated heterocycles. The van der Waals surface area contributed by atoms with Crippen molar-refractivity contribution in [2.75, 3.05) is 12.9 Å². The lowest BCUT2D eigenvalue weighted by Gasteiger charge is -2.17. The van der Waals surface area contributed by atoms with Crippen molar-refractivity contribution in [2.24, 2.45) is 0 Å². The SMILES string of the molecule is CN(Cc1ccc(Br)cc1)C(=O)CCCCl. The minimum absolute atomic E-state index is 0.142. The summed E-state index contributed by atoms with van der Waals surface area (Å²) in [7, 11) is 1.82. The second-order valence-corrected chi connectivity index (χ2v) is 4.96. The lowest BCUT2D eigenvalue weighted by atomic mass is 10.2. The highest BCUT2D eigenvalue weighted by Gasteiger charge is 2.08. The lowest BCUT2D eigenvalue weighted by molar-refractivity contribution is -0.130. The molecule has 1 amide bonds. The van der Waals surface area contributed by atoms with Crippen molar-refractivity contribution < 1.29 is 4.79 Å². The fourth-order valence-electron chi connectivity index (χ4n) is 1.36. The number of nitrogens with zero attached hydrogens (tertiary/aromatic N) is 1. The van der Waals surface area contributed by atoms with Gasteiger partial charge in [0.1, 0.15) is 0 Å². The van der Waals surface area contributed by atoms with E-state index >= 15 is 0 Å². The number of hydrogen-bond donors (Lipinski definition) is 0. The number of carbonyl (C=O) groups excluding carboxylic acids is 1. The Morgan fingerprint density at radius 3 is 2.56 bits per heavy atom. The van der Waals surface area contributed by atoms with Crippen LogP contribution in [-0.4, -0.2) is 23.7 Å². The molecule has 0 unspecified atom stereocenters. The van der Waals surface area contributed by atoms with Gasteiger partial charge >= 0.3 is 0 Å². The number of carbonyl (C=O) groups is 1. The van der Waals surface area contributed by atoms with Crippen molar-refractivity contribution >= 4 is 33.4 Å². The van der Waals surface area contributed by atoms with Crippen LogP contribution in [0.4, 0.5) is 0 Å². The minimum atomic E-state index is 0.142. The first kappa shape index (κ1) is 13.5. The second-order valence-electron chi connectivity index (χ2n) is 3.67. The van der Waals surface area contributed by atoms with Crippen LogP contribution in [0.15, 0.2) is 28.7 Å². The molecule has 0 bridgehead atoms. The number of rotatable bonds is 5. The third-order valence-electron chi connectivity index (χ3n) is 2.28. The molecule has 16 heavy (non-hydrogen) atoms. The van der Waals surface area contributed by atoms with Gasteiger partial charge in [0.15, 0.2) is 0 Å². The Bertz CT molecular complexity index is 339. The third-order valence-corrected chi connectivity index (χ3v) is 3.08. The molecule has 0 spiro atoms. The van der Waals surface area contributed by atoms with Crippen LogP contribution in [0.2, 0.25) is 0 Å². The zero-order chi connectivity index (χ0) is 12.0. The first-order valence-electron chi connectivity index (χ1n) is 5.18. The molecular weight excluding hydrogens is 289 g/mol. The average molecular weight is 305 g/mol. The number of benzene rings is 1. The van der Waals surface area contributed by atoms with Gasteiger partial charge in [-0.15, -0.1) is 11.6 Å². The Labute approximate surface area is 110 Å². The van der Waals surface area contributed by atoms with Crippen molar-refractivity contribution in [1.29, 1.82) is 0 Å². The molecule has 1 rings (SSSR count). The van der Waals surface area contributed by atoms with Gasteiger partial charge in [0.25, 0.3) is 0 Å². The van der Waals surface area contributed by atoms with E-state index in [0.717, 1.165) is 16.5 Å². The summed E-state index contributed by atoms with van der Waals surface area (Å²) >= 11 is 8.93. The molecule has 0 aromatic heterocycles. The summed E-state index contributed by atoms with van der Waals surface area (Å²) in [4.78, 5) is 13.4. The van der Waals surface area contributed by atoms with E-state index < -0.39 is 0 Å². The summed E-state index contributed by atoms with van der Waals surface area (Å²) in [5.74, 6) is 0.682. The van der Waals surface area contributed by atoms with Gasteiger partial charge in [-0.1, -0.05) is 28.1 Å². The number of amides is 1. The predicted octanol–water partition coefficient (Wildman–Crippen LogP) is 3.43. The molecule has 1 aromatic carbocycles. The van der Waals surface area contributed by atoms with Gasteiger partial charge in [-0.05, 0) is 24.1 Å². The van der Waals surface area contributed by atoms with E-state index in [4.69, 9.17) is 11.6 Å². The Hall–Kier alpha value is -0.540. The quantitative estimate of drug-likeness (QED) is 0.763. The standard InChI is InChI=1S/C12H15BrClNO/c1-15(12(16)3-2-8-14)9-10-4-6-11(13)7-5-10/h4-7H,2-3,8-9H2,1H3. The summed E-state index contributed by atoms with van der Waals surface area (Å²) < 4.78 is 1.05. The molecule has 0 aliphatic heterocycles. The van der Waals surface area contributed by atoms with E-state index in [1.807, 2.05) is 31.3 Å². The van der Waals surface area contributed by atoms with E-state index in [-0.39, 0.29) is 5.91 Å². The van der Waals surface area contributed by atoms with E-state index in [1.165, 1.54) is 0 Å². The molecule has 0 radical (unpaired) electrons. The monoisotopic (exact) mass is 303 g/mol. The molecule has 0 saturated carbocycles. The zero-order valence-corrected chi connectivity index (χ0v) is 11.6. The average Bonchev–Trinajstić information content (AvgIpc) is 2.29. The fraction of sp³-hybridized carbons (Fsp3) is 0.417. The van der Waals surface area contributed by atoms with Crippen molar-refractivity contribution in [3.05, 3.63) is 34.3 Å². The molecule has 88 valence electrons. The first-order valence-corrected chi connectivity index (χ1v) is 6.50. The molecule has 0 aliphatic carbocycles. The summed E-state index contributed by atoms with van der Waals surface area (Å²) in [6, 6.07) is 7.98. The number of halogens is 2. The Morgan fingerprint density at radius 1 is 1.38 bits per heavy atom. The zero-order valence-electron chi connectivity index (χ0n) is 9.25. The van der Waals surface area contributed by atoms with Crippen LogP contribution in [0.25, 0.3) is 0 Å². The maximum absolute atomic E-state index is 11.6. The largest absolute Gasteiger partial charge is 0.341 e. The van der Waals surface area contributed by atoms with E-state index in [1.54, 1.807) is 4.90 Å². The van der Waals surface area contributed by atoms with Gasteiger partial charge in [0, 0.05) is 30.4 Å². The van der Waals surface area contributed by atoms with Crippen LogP contribution < -0.4 is 0 Å². The summed E-state index contributed by atoms with van der Waals surface area (Å²) in [6.45, 7) is 0.647. The second kappa shape index (κ2) is 6.92. The smallest absolute Gasteiger partial charge is 0.222 e. The van der Waals surface area contributed by atoms with Crippen molar-refractivity contribution in [3.63, 3.8) is 0 Å². The highest BCUT2D eigenvalue weighted by atomic mass is 79.9.